The van der Waals surface area contributed by atoms with Gasteiger partial charge in [-0.3, -0.25) is 14.5 Å². The Hall–Kier alpha value is -0.900. The summed E-state index contributed by atoms with van der Waals surface area (Å²) in [6, 6.07) is 0. The number of imide groups is 1. The maximum absolute atomic E-state index is 11.0. The lowest BCUT2D eigenvalue weighted by Crippen LogP contribution is -2.32. The van der Waals surface area contributed by atoms with Gasteiger partial charge in [-0.1, -0.05) is 0 Å². The molecule has 0 aromatic heterocycles. The SMILES string of the molecule is CCOCCN1C(=O)CCC1=O. The predicted octanol–water partition coefficient (Wildman–Crippen LogP) is 0.172. The molecule has 1 aliphatic rings. The molecule has 4 heteroatoms. The molecule has 4 nitrogen and oxygen atoms in total. The molecule has 0 aliphatic carbocycles. The number of carbonyl (C=O) groups excluding carboxylic acids is 2. The van der Waals surface area contributed by atoms with Crippen molar-refractivity contribution in [2.45, 2.75) is 19.8 Å². The van der Waals surface area contributed by atoms with Gasteiger partial charge in [0.25, 0.3) is 0 Å². The van der Waals surface area contributed by atoms with Crippen molar-refractivity contribution in [3.05, 3.63) is 0 Å². The van der Waals surface area contributed by atoms with Gasteiger partial charge in [-0.05, 0) is 6.92 Å². The standard InChI is InChI=1S/C8H13NO3/c1-2-12-6-5-9-7(10)3-4-8(9)11/h2-6H2,1H3. The zero-order valence-corrected chi connectivity index (χ0v) is 7.21. The number of rotatable bonds is 4. The van der Waals surface area contributed by atoms with E-state index in [0.29, 0.717) is 32.6 Å². The summed E-state index contributed by atoms with van der Waals surface area (Å²) in [6.07, 6.45) is 0.732. The number of likely N-dealkylation sites (tertiary alicyclic amines) is 1. The van der Waals surface area contributed by atoms with E-state index in [1.54, 1.807) is 0 Å². The van der Waals surface area contributed by atoms with E-state index in [1.165, 1.54) is 4.90 Å². The van der Waals surface area contributed by atoms with E-state index in [9.17, 15) is 9.59 Å². The summed E-state index contributed by atoms with van der Waals surface area (Å²) in [5, 5.41) is 0. The zero-order chi connectivity index (χ0) is 8.97. The number of amides is 2. The Labute approximate surface area is 71.5 Å². The first-order valence-corrected chi connectivity index (χ1v) is 4.16. The van der Waals surface area contributed by atoms with Gasteiger partial charge < -0.3 is 4.74 Å². The van der Waals surface area contributed by atoms with E-state index in [4.69, 9.17) is 4.74 Å². The molecule has 2 amide bonds. The zero-order valence-electron chi connectivity index (χ0n) is 7.21. The van der Waals surface area contributed by atoms with Gasteiger partial charge in [0, 0.05) is 19.4 Å². The highest BCUT2D eigenvalue weighted by Crippen LogP contribution is 2.10. The third-order valence-corrected chi connectivity index (χ3v) is 1.82. The second kappa shape index (κ2) is 4.21. The Morgan fingerprint density at radius 2 is 1.92 bits per heavy atom. The minimum absolute atomic E-state index is 0.0697. The highest BCUT2D eigenvalue weighted by molar-refractivity contribution is 6.01. The van der Waals surface area contributed by atoms with Gasteiger partial charge >= 0.3 is 0 Å². The first-order chi connectivity index (χ1) is 5.75. The molecule has 1 heterocycles. The Bertz CT molecular complexity index is 175. The monoisotopic (exact) mass is 171 g/mol. The summed E-state index contributed by atoms with van der Waals surface area (Å²) in [7, 11) is 0. The third-order valence-electron chi connectivity index (χ3n) is 1.82. The lowest BCUT2D eigenvalue weighted by Gasteiger charge is -2.12. The minimum Gasteiger partial charge on any atom is -0.380 e. The van der Waals surface area contributed by atoms with Crippen LogP contribution in [0.1, 0.15) is 19.8 Å². The largest absolute Gasteiger partial charge is 0.380 e. The van der Waals surface area contributed by atoms with Crippen LogP contribution in [0.2, 0.25) is 0 Å². The molecule has 0 aromatic carbocycles. The molecular weight excluding hydrogens is 158 g/mol. The average Bonchev–Trinajstić information content (AvgIpc) is 2.35. The van der Waals surface area contributed by atoms with Gasteiger partial charge in [-0.2, -0.15) is 0 Å². The highest BCUT2D eigenvalue weighted by Gasteiger charge is 2.27. The Morgan fingerprint density at radius 1 is 1.33 bits per heavy atom. The topological polar surface area (TPSA) is 46.6 Å². The van der Waals surface area contributed by atoms with Gasteiger partial charge in [-0.15, -0.1) is 0 Å². The van der Waals surface area contributed by atoms with Crippen LogP contribution in [0.15, 0.2) is 0 Å². The van der Waals surface area contributed by atoms with Crippen LogP contribution in [0.3, 0.4) is 0 Å². The normalized spacial score (nSPS) is 17.6. The van der Waals surface area contributed by atoms with E-state index in [2.05, 4.69) is 0 Å². The molecule has 1 aliphatic heterocycles. The van der Waals surface area contributed by atoms with Crippen molar-refractivity contribution in [2.75, 3.05) is 19.8 Å². The summed E-state index contributed by atoms with van der Waals surface area (Å²) in [4.78, 5) is 23.3. The molecule has 0 aromatic rings. The van der Waals surface area contributed by atoms with Gasteiger partial charge in [0.15, 0.2) is 0 Å². The molecule has 0 atom stereocenters. The summed E-state index contributed by atoms with van der Waals surface area (Å²) in [6.45, 7) is 3.36. The third kappa shape index (κ3) is 2.04. The number of hydrogen-bond acceptors (Lipinski definition) is 3. The average molecular weight is 171 g/mol. The first kappa shape index (κ1) is 9.19. The summed E-state index contributed by atoms with van der Waals surface area (Å²) >= 11 is 0. The summed E-state index contributed by atoms with van der Waals surface area (Å²) in [5.74, 6) is -0.139. The van der Waals surface area contributed by atoms with Crippen LogP contribution in [0, 0.1) is 0 Å². The van der Waals surface area contributed by atoms with Gasteiger partial charge in [-0.25, -0.2) is 0 Å². The highest BCUT2D eigenvalue weighted by atomic mass is 16.5. The summed E-state index contributed by atoms with van der Waals surface area (Å²) in [5.41, 5.74) is 0. The Kier molecular flexibility index (Phi) is 3.22. The molecular formula is C8H13NO3. The number of ether oxygens (including phenoxy) is 1. The molecule has 0 spiro atoms. The van der Waals surface area contributed by atoms with E-state index >= 15 is 0 Å². The van der Waals surface area contributed by atoms with Crippen molar-refractivity contribution >= 4 is 11.8 Å². The lowest BCUT2D eigenvalue weighted by atomic mass is 10.4. The summed E-state index contributed by atoms with van der Waals surface area (Å²) < 4.78 is 5.05. The Balaban J connectivity index is 2.30. The van der Waals surface area contributed by atoms with Crippen molar-refractivity contribution in [3.63, 3.8) is 0 Å². The van der Waals surface area contributed by atoms with Gasteiger partial charge in [0.05, 0.1) is 13.2 Å². The van der Waals surface area contributed by atoms with Gasteiger partial charge in [0.1, 0.15) is 0 Å². The first-order valence-electron chi connectivity index (χ1n) is 4.16. The fraction of sp³-hybridized carbons (Fsp3) is 0.750. The fourth-order valence-corrected chi connectivity index (χ4v) is 1.17. The molecule has 0 radical (unpaired) electrons. The van der Waals surface area contributed by atoms with Crippen LogP contribution >= 0.6 is 0 Å². The van der Waals surface area contributed by atoms with Crippen LogP contribution in [-0.4, -0.2) is 36.5 Å². The second-order valence-electron chi connectivity index (χ2n) is 2.64. The molecule has 68 valence electrons. The molecule has 1 rings (SSSR count). The maximum Gasteiger partial charge on any atom is 0.229 e. The van der Waals surface area contributed by atoms with E-state index < -0.39 is 0 Å². The lowest BCUT2D eigenvalue weighted by molar-refractivity contribution is -0.139. The molecule has 1 saturated heterocycles. The number of hydrogen-bond donors (Lipinski definition) is 0. The van der Waals surface area contributed by atoms with E-state index in [0.717, 1.165) is 0 Å². The smallest absolute Gasteiger partial charge is 0.229 e. The Morgan fingerprint density at radius 3 is 2.42 bits per heavy atom. The second-order valence-corrected chi connectivity index (χ2v) is 2.64. The quantitative estimate of drug-likeness (QED) is 0.447. The van der Waals surface area contributed by atoms with Gasteiger partial charge in [0.2, 0.25) is 11.8 Å². The molecule has 12 heavy (non-hydrogen) atoms. The van der Waals surface area contributed by atoms with Crippen molar-refractivity contribution in [3.8, 4) is 0 Å². The molecule has 0 unspecified atom stereocenters. The van der Waals surface area contributed by atoms with E-state index in [1.807, 2.05) is 6.92 Å². The van der Waals surface area contributed by atoms with Crippen molar-refractivity contribution in [1.29, 1.82) is 0 Å². The van der Waals surface area contributed by atoms with Crippen molar-refractivity contribution in [2.24, 2.45) is 0 Å². The number of nitrogens with zero attached hydrogens (tertiary/aromatic N) is 1. The minimum atomic E-state index is -0.0697. The molecule has 0 N–H and O–H groups in total. The molecule has 1 fully saturated rings. The maximum atomic E-state index is 11.0. The van der Waals surface area contributed by atoms with Crippen LogP contribution < -0.4 is 0 Å². The molecule has 0 bridgehead atoms. The predicted molar refractivity (Wildman–Crippen MR) is 42.4 cm³/mol. The van der Waals surface area contributed by atoms with Crippen LogP contribution in [0.25, 0.3) is 0 Å². The van der Waals surface area contributed by atoms with Crippen LogP contribution in [0.5, 0.6) is 0 Å². The van der Waals surface area contributed by atoms with Crippen LogP contribution in [0.4, 0.5) is 0 Å². The molecule has 0 saturated carbocycles. The van der Waals surface area contributed by atoms with Crippen LogP contribution in [-0.2, 0) is 14.3 Å². The van der Waals surface area contributed by atoms with E-state index in [-0.39, 0.29) is 11.8 Å². The number of carbonyl (C=O) groups is 2. The van der Waals surface area contributed by atoms with Crippen molar-refractivity contribution < 1.29 is 14.3 Å². The fourth-order valence-electron chi connectivity index (χ4n) is 1.17. The van der Waals surface area contributed by atoms with Crippen molar-refractivity contribution in [1.82, 2.24) is 4.90 Å².